The lowest BCUT2D eigenvalue weighted by Gasteiger charge is -2.34. The number of carbonyl (C=O) groups is 2. The molecule has 1 aromatic carbocycles. The SMILES string of the molecule is O=C(O)C1Cc2ccccc2CN1C(=O)c1cc2c([nH]c1=O)CCCCC2. The zero-order valence-corrected chi connectivity index (χ0v) is 15.0. The van der Waals surface area contributed by atoms with Gasteiger partial charge in [0.05, 0.1) is 0 Å². The monoisotopic (exact) mass is 366 g/mol. The average molecular weight is 366 g/mol. The zero-order chi connectivity index (χ0) is 19.0. The Morgan fingerprint density at radius 3 is 2.56 bits per heavy atom. The second-order valence-corrected chi connectivity index (χ2v) is 7.34. The molecule has 0 spiro atoms. The standard InChI is InChI=1S/C21H22N2O4/c24-19-16(10-14-7-2-1-3-9-17(14)22-19)20(25)23-12-15-8-5-4-6-13(15)11-18(23)21(26)27/h4-6,8,10,18H,1-3,7,9,11-12H2,(H,22,24)(H,26,27). The third-order valence-electron chi connectivity index (χ3n) is 5.61. The normalized spacial score (nSPS) is 19.0. The van der Waals surface area contributed by atoms with Gasteiger partial charge in [-0.15, -0.1) is 0 Å². The fourth-order valence-electron chi connectivity index (χ4n) is 4.12. The van der Waals surface area contributed by atoms with Crippen molar-refractivity contribution in [2.24, 2.45) is 0 Å². The third-order valence-corrected chi connectivity index (χ3v) is 5.61. The number of hydrogen-bond acceptors (Lipinski definition) is 3. The van der Waals surface area contributed by atoms with Crippen molar-refractivity contribution in [3.8, 4) is 0 Å². The van der Waals surface area contributed by atoms with Gasteiger partial charge in [0.1, 0.15) is 11.6 Å². The van der Waals surface area contributed by atoms with Gasteiger partial charge in [0.2, 0.25) is 0 Å². The largest absolute Gasteiger partial charge is 0.480 e. The van der Waals surface area contributed by atoms with Crippen LogP contribution in [0.2, 0.25) is 0 Å². The number of fused-ring (bicyclic) bond motifs is 2. The molecule has 1 aliphatic heterocycles. The number of aliphatic carboxylic acids is 1. The van der Waals surface area contributed by atoms with E-state index < -0.39 is 23.5 Å². The molecule has 6 nitrogen and oxygen atoms in total. The van der Waals surface area contributed by atoms with Crippen molar-refractivity contribution in [1.82, 2.24) is 9.88 Å². The number of H-pyrrole nitrogens is 1. The highest BCUT2D eigenvalue weighted by Crippen LogP contribution is 2.25. The van der Waals surface area contributed by atoms with Gasteiger partial charge in [-0.2, -0.15) is 0 Å². The van der Waals surface area contributed by atoms with Crippen LogP contribution in [-0.4, -0.2) is 32.9 Å². The van der Waals surface area contributed by atoms with E-state index in [-0.39, 0.29) is 18.5 Å². The number of aromatic nitrogens is 1. The molecule has 0 saturated heterocycles. The van der Waals surface area contributed by atoms with Crippen LogP contribution in [0, 0.1) is 0 Å². The first-order valence-corrected chi connectivity index (χ1v) is 9.40. The molecule has 0 fully saturated rings. The topological polar surface area (TPSA) is 90.5 Å². The molecule has 4 rings (SSSR count). The number of carboxylic acids is 1. The number of pyridine rings is 1. The van der Waals surface area contributed by atoms with Crippen LogP contribution < -0.4 is 5.56 Å². The van der Waals surface area contributed by atoms with Gasteiger partial charge in [-0.05, 0) is 48.4 Å². The number of nitrogens with one attached hydrogen (secondary N) is 1. The van der Waals surface area contributed by atoms with Crippen LogP contribution in [0.1, 0.15) is 52.0 Å². The minimum absolute atomic E-state index is 0.0429. The van der Waals surface area contributed by atoms with Crippen LogP contribution in [0.15, 0.2) is 35.1 Å². The predicted octanol–water partition coefficient (Wildman–Crippen LogP) is 2.30. The molecule has 2 N–H and O–H groups in total. The van der Waals surface area contributed by atoms with Crippen LogP contribution in [-0.2, 0) is 30.6 Å². The van der Waals surface area contributed by atoms with Crippen molar-refractivity contribution in [3.63, 3.8) is 0 Å². The molecule has 1 aromatic heterocycles. The predicted molar refractivity (Wildman–Crippen MR) is 99.8 cm³/mol. The molecule has 27 heavy (non-hydrogen) atoms. The van der Waals surface area contributed by atoms with Gasteiger partial charge in [0, 0.05) is 18.7 Å². The minimum atomic E-state index is -1.05. The molecule has 0 saturated carbocycles. The van der Waals surface area contributed by atoms with Gasteiger partial charge >= 0.3 is 5.97 Å². The zero-order valence-electron chi connectivity index (χ0n) is 15.0. The average Bonchev–Trinajstić information content (AvgIpc) is 2.90. The number of aryl methyl sites for hydroxylation is 2. The Morgan fingerprint density at radius 2 is 1.78 bits per heavy atom. The second kappa shape index (κ2) is 7.02. The number of hydrogen-bond donors (Lipinski definition) is 2. The maximum Gasteiger partial charge on any atom is 0.326 e. The molecule has 140 valence electrons. The van der Waals surface area contributed by atoms with Crippen molar-refractivity contribution in [3.05, 3.63) is 68.6 Å². The summed E-state index contributed by atoms with van der Waals surface area (Å²) in [6, 6.07) is 8.24. The number of aromatic amines is 1. The van der Waals surface area contributed by atoms with Crippen molar-refractivity contribution < 1.29 is 14.7 Å². The Morgan fingerprint density at radius 1 is 1.04 bits per heavy atom. The number of carbonyl (C=O) groups excluding carboxylic acids is 1. The van der Waals surface area contributed by atoms with E-state index in [1.807, 2.05) is 24.3 Å². The molecule has 1 amide bonds. The third kappa shape index (κ3) is 3.27. The van der Waals surface area contributed by atoms with Crippen molar-refractivity contribution in [2.45, 2.75) is 51.1 Å². The number of amides is 1. The summed E-state index contributed by atoms with van der Waals surface area (Å²) in [7, 11) is 0. The van der Waals surface area contributed by atoms with E-state index in [1.165, 1.54) is 4.90 Å². The Hall–Kier alpha value is -2.89. The van der Waals surface area contributed by atoms with E-state index in [4.69, 9.17) is 0 Å². The van der Waals surface area contributed by atoms with Gasteiger partial charge < -0.3 is 15.0 Å². The maximum absolute atomic E-state index is 13.2. The smallest absolute Gasteiger partial charge is 0.326 e. The highest BCUT2D eigenvalue weighted by atomic mass is 16.4. The molecular formula is C21H22N2O4. The van der Waals surface area contributed by atoms with E-state index in [0.717, 1.165) is 54.5 Å². The summed E-state index contributed by atoms with van der Waals surface area (Å²) in [6.07, 6.45) is 5.05. The molecule has 0 bridgehead atoms. The van der Waals surface area contributed by atoms with E-state index in [1.54, 1.807) is 6.07 Å². The summed E-state index contributed by atoms with van der Waals surface area (Å²) < 4.78 is 0. The van der Waals surface area contributed by atoms with Crippen molar-refractivity contribution in [1.29, 1.82) is 0 Å². The molecule has 0 radical (unpaired) electrons. The first kappa shape index (κ1) is 17.5. The molecule has 1 atom stereocenters. The summed E-state index contributed by atoms with van der Waals surface area (Å²) in [5.74, 6) is -1.56. The van der Waals surface area contributed by atoms with Crippen LogP contribution in [0.3, 0.4) is 0 Å². The first-order valence-electron chi connectivity index (χ1n) is 9.40. The van der Waals surface area contributed by atoms with Crippen LogP contribution in [0.5, 0.6) is 0 Å². The minimum Gasteiger partial charge on any atom is -0.480 e. The Balaban J connectivity index is 1.72. The lowest BCUT2D eigenvalue weighted by molar-refractivity contribution is -0.142. The van der Waals surface area contributed by atoms with Gasteiger partial charge in [-0.1, -0.05) is 30.7 Å². The van der Waals surface area contributed by atoms with Crippen LogP contribution in [0.4, 0.5) is 0 Å². The van der Waals surface area contributed by atoms with Gasteiger partial charge in [-0.25, -0.2) is 4.79 Å². The van der Waals surface area contributed by atoms with Gasteiger partial charge in [-0.3, -0.25) is 9.59 Å². The lowest BCUT2D eigenvalue weighted by atomic mass is 9.93. The number of carboxylic acid groups (broad SMARTS) is 1. The quantitative estimate of drug-likeness (QED) is 0.798. The number of nitrogens with zero attached hydrogens (tertiary/aromatic N) is 1. The molecular weight excluding hydrogens is 344 g/mol. The highest BCUT2D eigenvalue weighted by molar-refractivity contribution is 5.96. The Bertz CT molecular complexity index is 963. The summed E-state index contributed by atoms with van der Waals surface area (Å²) in [6.45, 7) is 0.197. The van der Waals surface area contributed by atoms with Crippen LogP contribution in [0.25, 0.3) is 0 Å². The second-order valence-electron chi connectivity index (χ2n) is 7.34. The van der Waals surface area contributed by atoms with Gasteiger partial charge in [0.15, 0.2) is 0 Å². The molecule has 1 unspecified atom stereocenters. The van der Waals surface area contributed by atoms with E-state index in [0.29, 0.717) is 0 Å². The van der Waals surface area contributed by atoms with Crippen molar-refractivity contribution >= 4 is 11.9 Å². The molecule has 2 aromatic rings. The fraction of sp³-hybridized carbons (Fsp3) is 0.381. The number of rotatable bonds is 2. The molecule has 2 aliphatic rings. The Kier molecular flexibility index (Phi) is 4.56. The molecule has 2 heterocycles. The van der Waals surface area contributed by atoms with E-state index in [2.05, 4.69) is 4.98 Å². The summed E-state index contributed by atoms with van der Waals surface area (Å²) in [5, 5.41) is 9.65. The fourth-order valence-corrected chi connectivity index (χ4v) is 4.12. The first-order chi connectivity index (χ1) is 13.0. The highest BCUT2D eigenvalue weighted by Gasteiger charge is 2.36. The molecule has 1 aliphatic carbocycles. The van der Waals surface area contributed by atoms with E-state index >= 15 is 0 Å². The Labute approximate surface area is 156 Å². The lowest BCUT2D eigenvalue weighted by Crippen LogP contribution is -2.49. The molecule has 6 heteroatoms. The summed E-state index contributed by atoms with van der Waals surface area (Å²) in [4.78, 5) is 41.7. The number of benzene rings is 1. The van der Waals surface area contributed by atoms with E-state index in [9.17, 15) is 19.5 Å². The summed E-state index contributed by atoms with van der Waals surface area (Å²) >= 11 is 0. The van der Waals surface area contributed by atoms with Gasteiger partial charge in [0.25, 0.3) is 11.5 Å². The summed E-state index contributed by atoms with van der Waals surface area (Å²) in [5.41, 5.74) is 3.39. The van der Waals surface area contributed by atoms with Crippen molar-refractivity contribution in [2.75, 3.05) is 0 Å². The maximum atomic E-state index is 13.2. The van der Waals surface area contributed by atoms with Crippen LogP contribution >= 0.6 is 0 Å².